The van der Waals surface area contributed by atoms with E-state index in [1.54, 1.807) is 36.4 Å². The number of hydrogen-bond acceptors (Lipinski definition) is 4. The van der Waals surface area contributed by atoms with E-state index in [0.29, 0.717) is 23.6 Å². The lowest BCUT2D eigenvalue weighted by molar-refractivity contribution is 0.0946. The molecule has 0 saturated heterocycles. The Morgan fingerprint density at radius 2 is 1.70 bits per heavy atom. The van der Waals surface area contributed by atoms with Gasteiger partial charge in [0.25, 0.3) is 11.8 Å². The van der Waals surface area contributed by atoms with E-state index in [1.165, 1.54) is 13.2 Å². The Bertz CT molecular complexity index is 942. The number of benzene rings is 2. The predicted molar refractivity (Wildman–Crippen MR) is 102 cm³/mol. The molecule has 0 saturated carbocycles. The lowest BCUT2D eigenvalue weighted by Crippen LogP contribution is -2.22. The molecular weight excluding hydrogens is 342 g/mol. The van der Waals surface area contributed by atoms with Crippen molar-refractivity contribution in [3.63, 3.8) is 0 Å². The lowest BCUT2D eigenvalue weighted by atomic mass is 10.2. The summed E-state index contributed by atoms with van der Waals surface area (Å²) in [5.74, 6) is 0.474. The predicted octanol–water partition coefficient (Wildman–Crippen LogP) is 3.16. The molecule has 0 aliphatic rings. The van der Waals surface area contributed by atoms with Gasteiger partial charge in [-0.05, 0) is 29.8 Å². The molecule has 3 rings (SSSR count). The Morgan fingerprint density at radius 3 is 2.48 bits per heavy atom. The van der Waals surface area contributed by atoms with E-state index in [1.807, 2.05) is 30.3 Å². The van der Waals surface area contributed by atoms with Crippen LogP contribution in [0.25, 0.3) is 0 Å². The number of carbonyl (C=O) groups is 2. The molecule has 0 radical (unpaired) electrons. The maximum absolute atomic E-state index is 12.4. The van der Waals surface area contributed by atoms with Crippen molar-refractivity contribution in [3.05, 3.63) is 89.7 Å². The van der Waals surface area contributed by atoms with Crippen LogP contribution in [0.15, 0.2) is 72.9 Å². The molecule has 136 valence electrons. The van der Waals surface area contributed by atoms with E-state index in [-0.39, 0.29) is 17.5 Å². The summed E-state index contributed by atoms with van der Waals surface area (Å²) >= 11 is 0. The Kier molecular flexibility index (Phi) is 5.79. The average molecular weight is 361 g/mol. The first-order valence-electron chi connectivity index (χ1n) is 8.44. The molecule has 0 aliphatic carbocycles. The minimum absolute atomic E-state index is 0.190. The maximum Gasteiger partial charge on any atom is 0.269 e. The van der Waals surface area contributed by atoms with Crippen molar-refractivity contribution in [3.8, 4) is 11.5 Å². The molecule has 0 unspecified atom stereocenters. The van der Waals surface area contributed by atoms with Crippen molar-refractivity contribution in [1.29, 1.82) is 0 Å². The van der Waals surface area contributed by atoms with Crippen LogP contribution in [-0.2, 0) is 6.54 Å². The zero-order chi connectivity index (χ0) is 19.1. The summed E-state index contributed by atoms with van der Waals surface area (Å²) in [6.07, 6.45) is 1.50. The second-order valence-corrected chi connectivity index (χ2v) is 5.75. The molecule has 0 bridgehead atoms. The fourth-order valence-electron chi connectivity index (χ4n) is 2.44. The number of carbonyl (C=O) groups excluding carboxylic acids is 2. The molecule has 0 spiro atoms. The van der Waals surface area contributed by atoms with Crippen LogP contribution in [0.5, 0.6) is 11.5 Å². The van der Waals surface area contributed by atoms with E-state index < -0.39 is 0 Å². The van der Waals surface area contributed by atoms with Gasteiger partial charge in [0.15, 0.2) is 0 Å². The Labute approximate surface area is 157 Å². The topological polar surface area (TPSA) is 80.3 Å². The highest BCUT2D eigenvalue weighted by Crippen LogP contribution is 2.22. The molecule has 0 atom stereocenters. The van der Waals surface area contributed by atoms with E-state index in [0.717, 1.165) is 5.56 Å². The molecule has 0 aliphatic heterocycles. The van der Waals surface area contributed by atoms with Gasteiger partial charge in [-0.3, -0.25) is 14.6 Å². The van der Waals surface area contributed by atoms with Crippen molar-refractivity contribution in [1.82, 2.24) is 15.6 Å². The third-order valence-electron chi connectivity index (χ3n) is 3.82. The van der Waals surface area contributed by atoms with Crippen LogP contribution in [0, 0.1) is 0 Å². The largest absolute Gasteiger partial charge is 0.457 e. The van der Waals surface area contributed by atoms with Gasteiger partial charge < -0.3 is 15.4 Å². The van der Waals surface area contributed by atoms with Gasteiger partial charge in [-0.15, -0.1) is 0 Å². The monoisotopic (exact) mass is 361 g/mol. The number of nitrogens with one attached hydrogen (secondary N) is 2. The summed E-state index contributed by atoms with van der Waals surface area (Å²) in [5, 5.41) is 5.39. The number of nitrogens with zero attached hydrogens (tertiary/aromatic N) is 1. The smallest absolute Gasteiger partial charge is 0.269 e. The molecule has 1 aromatic heterocycles. The number of hydrogen-bond donors (Lipinski definition) is 2. The second kappa shape index (κ2) is 8.62. The van der Waals surface area contributed by atoms with Crippen LogP contribution in [0.3, 0.4) is 0 Å². The third kappa shape index (κ3) is 4.92. The Hall–Kier alpha value is -3.67. The molecule has 2 amide bonds. The molecular formula is C21H19N3O3. The fourth-order valence-corrected chi connectivity index (χ4v) is 2.44. The summed E-state index contributed by atoms with van der Waals surface area (Å²) in [6.45, 7) is 0.449. The van der Waals surface area contributed by atoms with Crippen molar-refractivity contribution in [2.45, 2.75) is 6.54 Å². The summed E-state index contributed by atoms with van der Waals surface area (Å²) < 4.78 is 5.77. The summed E-state index contributed by atoms with van der Waals surface area (Å²) in [7, 11) is 1.54. The van der Waals surface area contributed by atoms with E-state index >= 15 is 0 Å². The van der Waals surface area contributed by atoms with Crippen LogP contribution in [0.4, 0.5) is 0 Å². The fraction of sp³-hybridized carbons (Fsp3) is 0.0952. The molecule has 27 heavy (non-hydrogen) atoms. The van der Waals surface area contributed by atoms with Crippen molar-refractivity contribution >= 4 is 11.8 Å². The van der Waals surface area contributed by atoms with Gasteiger partial charge >= 0.3 is 0 Å². The number of amides is 2. The van der Waals surface area contributed by atoms with Gasteiger partial charge in [-0.25, -0.2) is 0 Å². The summed E-state index contributed by atoms with van der Waals surface area (Å²) in [5.41, 5.74) is 1.77. The van der Waals surface area contributed by atoms with Gasteiger partial charge in [0.1, 0.15) is 17.2 Å². The lowest BCUT2D eigenvalue weighted by Gasteiger charge is -2.09. The van der Waals surface area contributed by atoms with Gasteiger partial charge in [0, 0.05) is 31.4 Å². The van der Waals surface area contributed by atoms with Crippen LogP contribution >= 0.6 is 0 Å². The summed E-state index contributed by atoms with van der Waals surface area (Å²) in [6, 6.07) is 19.7. The zero-order valence-electron chi connectivity index (χ0n) is 14.8. The molecule has 6 heteroatoms. The number of ether oxygens (including phenoxy) is 1. The van der Waals surface area contributed by atoms with Gasteiger partial charge in [-0.2, -0.15) is 0 Å². The number of rotatable bonds is 6. The third-order valence-corrected chi connectivity index (χ3v) is 3.82. The molecule has 0 fully saturated rings. The molecule has 1 heterocycles. The Morgan fingerprint density at radius 1 is 0.926 bits per heavy atom. The van der Waals surface area contributed by atoms with Crippen LogP contribution < -0.4 is 15.4 Å². The molecule has 6 nitrogen and oxygen atoms in total. The highest BCUT2D eigenvalue weighted by atomic mass is 16.5. The van der Waals surface area contributed by atoms with Crippen LogP contribution in [0.1, 0.15) is 26.4 Å². The SMILES string of the molecule is CNC(=O)c1cc(Oc2cccc(C(=O)NCc3ccccc3)c2)ccn1. The van der Waals surface area contributed by atoms with Crippen LogP contribution in [0.2, 0.25) is 0 Å². The van der Waals surface area contributed by atoms with Crippen molar-refractivity contribution in [2.24, 2.45) is 0 Å². The first kappa shape index (κ1) is 18.1. The van der Waals surface area contributed by atoms with E-state index in [9.17, 15) is 9.59 Å². The van der Waals surface area contributed by atoms with Gasteiger partial charge in [-0.1, -0.05) is 36.4 Å². The first-order chi connectivity index (χ1) is 13.2. The van der Waals surface area contributed by atoms with E-state index in [4.69, 9.17) is 4.74 Å². The van der Waals surface area contributed by atoms with Gasteiger partial charge in [0.2, 0.25) is 0 Å². The average Bonchev–Trinajstić information content (AvgIpc) is 2.72. The van der Waals surface area contributed by atoms with Crippen molar-refractivity contribution < 1.29 is 14.3 Å². The minimum atomic E-state index is -0.297. The maximum atomic E-state index is 12.4. The quantitative estimate of drug-likeness (QED) is 0.707. The number of aromatic nitrogens is 1. The minimum Gasteiger partial charge on any atom is -0.457 e. The highest BCUT2D eigenvalue weighted by molar-refractivity contribution is 5.94. The number of pyridine rings is 1. The van der Waals surface area contributed by atoms with Crippen molar-refractivity contribution in [2.75, 3.05) is 7.05 Å². The normalized spacial score (nSPS) is 10.1. The second-order valence-electron chi connectivity index (χ2n) is 5.75. The van der Waals surface area contributed by atoms with Gasteiger partial charge in [0.05, 0.1) is 0 Å². The Balaban J connectivity index is 1.68. The van der Waals surface area contributed by atoms with Crippen LogP contribution in [-0.4, -0.2) is 23.8 Å². The van der Waals surface area contributed by atoms with E-state index in [2.05, 4.69) is 15.6 Å². The molecule has 2 N–H and O–H groups in total. The first-order valence-corrected chi connectivity index (χ1v) is 8.44. The highest BCUT2D eigenvalue weighted by Gasteiger charge is 2.09. The zero-order valence-corrected chi connectivity index (χ0v) is 14.8. The molecule has 2 aromatic carbocycles. The molecule has 3 aromatic rings. The standard InChI is InChI=1S/C21H19N3O3/c1-22-21(26)19-13-18(10-11-23-19)27-17-9-5-8-16(12-17)20(25)24-14-15-6-3-2-4-7-15/h2-13H,14H2,1H3,(H,22,26)(H,24,25). The summed E-state index contributed by atoms with van der Waals surface area (Å²) in [4.78, 5) is 28.0.